The monoisotopic (exact) mass is 258 g/mol. The molecule has 1 heterocycles. The largest absolute Gasteiger partial charge is 0.303 e. The third-order valence-corrected chi connectivity index (χ3v) is 4.23. The van der Waals surface area contributed by atoms with Crippen molar-refractivity contribution >= 4 is 5.57 Å². The van der Waals surface area contributed by atoms with Gasteiger partial charge in [-0.3, -0.25) is 4.90 Å². The molecule has 0 saturated carbocycles. The number of allylic oxidation sites excluding steroid dienone is 1. The lowest BCUT2D eigenvalue weighted by Gasteiger charge is -2.39. The topological polar surface area (TPSA) is 6.48 Å². The minimum atomic E-state index is 0.535. The number of piperazine rings is 1. The van der Waals surface area contributed by atoms with Gasteiger partial charge in [0.15, 0.2) is 0 Å². The van der Waals surface area contributed by atoms with Gasteiger partial charge in [-0.2, -0.15) is 0 Å². The molecule has 19 heavy (non-hydrogen) atoms. The highest BCUT2D eigenvalue weighted by Gasteiger charge is 2.25. The Hall–Kier alpha value is -1.12. The van der Waals surface area contributed by atoms with E-state index in [4.69, 9.17) is 0 Å². The maximum atomic E-state index is 4.11. The number of nitrogens with zero attached hydrogens (tertiary/aromatic N) is 2. The number of hydrogen-bond acceptors (Lipinski definition) is 2. The maximum Gasteiger partial charge on any atom is 0.0475 e. The molecule has 0 aromatic heterocycles. The zero-order valence-corrected chi connectivity index (χ0v) is 12.5. The molecule has 1 saturated heterocycles. The predicted octanol–water partition coefficient (Wildman–Crippen LogP) is 3.42. The van der Waals surface area contributed by atoms with E-state index >= 15 is 0 Å². The minimum absolute atomic E-state index is 0.535. The van der Waals surface area contributed by atoms with Crippen LogP contribution in [0.1, 0.15) is 37.4 Å². The van der Waals surface area contributed by atoms with Crippen LogP contribution in [0, 0.1) is 0 Å². The van der Waals surface area contributed by atoms with E-state index in [1.165, 1.54) is 29.8 Å². The van der Waals surface area contributed by atoms with Gasteiger partial charge in [0.2, 0.25) is 0 Å². The Kier molecular flexibility index (Phi) is 4.78. The van der Waals surface area contributed by atoms with Crippen LogP contribution in [0.3, 0.4) is 0 Å². The first-order valence-electron chi connectivity index (χ1n) is 7.36. The third-order valence-electron chi connectivity index (χ3n) is 4.23. The summed E-state index contributed by atoms with van der Waals surface area (Å²) in [7, 11) is 2.22. The lowest BCUT2D eigenvalue weighted by molar-refractivity contribution is 0.0952. The van der Waals surface area contributed by atoms with Crippen LogP contribution < -0.4 is 0 Å². The van der Waals surface area contributed by atoms with Crippen LogP contribution in [-0.2, 0) is 0 Å². The van der Waals surface area contributed by atoms with Gasteiger partial charge in [-0.15, -0.1) is 0 Å². The summed E-state index contributed by atoms with van der Waals surface area (Å²) < 4.78 is 0. The number of rotatable bonds is 4. The molecule has 0 bridgehead atoms. The molecule has 2 heteroatoms. The van der Waals surface area contributed by atoms with Crippen LogP contribution in [0.2, 0.25) is 0 Å². The summed E-state index contributed by atoms with van der Waals surface area (Å²) in [5.41, 5.74) is 3.93. The standard InChI is InChI=1S/C17H26N2/c1-5-14(3)15-7-9-16(10-8-15)17-13-18(4)11-12-19(17)6-2/h7-10,17H,3,5-6,11-13H2,1-2,4H3. The van der Waals surface area contributed by atoms with Gasteiger partial charge in [-0.25, -0.2) is 0 Å². The van der Waals surface area contributed by atoms with Gasteiger partial charge in [-0.1, -0.05) is 44.7 Å². The van der Waals surface area contributed by atoms with Gasteiger partial charge in [0.25, 0.3) is 0 Å². The van der Waals surface area contributed by atoms with E-state index in [2.05, 4.69) is 61.5 Å². The molecule has 0 amide bonds. The summed E-state index contributed by atoms with van der Waals surface area (Å²) >= 11 is 0. The highest BCUT2D eigenvalue weighted by Crippen LogP contribution is 2.26. The van der Waals surface area contributed by atoms with E-state index in [-0.39, 0.29) is 0 Å². The second-order valence-electron chi connectivity index (χ2n) is 5.49. The molecule has 2 nitrogen and oxygen atoms in total. The van der Waals surface area contributed by atoms with Crippen molar-refractivity contribution < 1.29 is 0 Å². The second kappa shape index (κ2) is 6.36. The molecule has 2 rings (SSSR count). The average molecular weight is 258 g/mol. The fourth-order valence-electron chi connectivity index (χ4n) is 2.80. The van der Waals surface area contributed by atoms with Crippen molar-refractivity contribution in [1.29, 1.82) is 0 Å². The van der Waals surface area contributed by atoms with E-state index in [0.29, 0.717) is 6.04 Å². The molecule has 0 spiro atoms. The molecular formula is C17H26N2. The summed E-state index contributed by atoms with van der Waals surface area (Å²) in [6, 6.07) is 9.55. The van der Waals surface area contributed by atoms with Crippen molar-refractivity contribution in [3.63, 3.8) is 0 Å². The van der Waals surface area contributed by atoms with Crippen LogP contribution in [0.25, 0.3) is 5.57 Å². The van der Waals surface area contributed by atoms with E-state index in [1.54, 1.807) is 0 Å². The van der Waals surface area contributed by atoms with Crippen LogP contribution in [0.4, 0.5) is 0 Å². The molecule has 1 unspecified atom stereocenters. The fraction of sp³-hybridized carbons (Fsp3) is 0.529. The van der Waals surface area contributed by atoms with E-state index in [1.807, 2.05) is 0 Å². The normalized spacial score (nSPS) is 21.5. The Balaban J connectivity index is 2.17. The van der Waals surface area contributed by atoms with Crippen molar-refractivity contribution in [2.75, 3.05) is 33.2 Å². The number of likely N-dealkylation sites (N-methyl/N-ethyl adjacent to an activating group) is 2. The molecule has 0 aliphatic carbocycles. The van der Waals surface area contributed by atoms with Crippen LogP contribution in [0.15, 0.2) is 30.8 Å². The fourth-order valence-corrected chi connectivity index (χ4v) is 2.80. The zero-order chi connectivity index (χ0) is 13.8. The summed E-state index contributed by atoms with van der Waals surface area (Å²) in [5.74, 6) is 0. The van der Waals surface area contributed by atoms with Crippen LogP contribution in [0.5, 0.6) is 0 Å². The van der Waals surface area contributed by atoms with Gasteiger partial charge >= 0.3 is 0 Å². The SMILES string of the molecule is C=C(CC)c1ccc(C2CN(C)CCN2CC)cc1. The molecule has 1 aliphatic rings. The molecule has 1 aliphatic heterocycles. The Morgan fingerprint density at radius 2 is 1.89 bits per heavy atom. The van der Waals surface area contributed by atoms with Crippen molar-refractivity contribution in [2.24, 2.45) is 0 Å². The Bertz CT molecular complexity index is 421. The van der Waals surface area contributed by atoms with Gasteiger partial charge in [0.05, 0.1) is 0 Å². The van der Waals surface area contributed by atoms with Crippen LogP contribution in [-0.4, -0.2) is 43.0 Å². The number of benzene rings is 1. The first kappa shape index (κ1) is 14.3. The first-order valence-corrected chi connectivity index (χ1v) is 7.36. The van der Waals surface area contributed by atoms with Crippen molar-refractivity contribution in [1.82, 2.24) is 9.80 Å². The van der Waals surface area contributed by atoms with E-state index in [9.17, 15) is 0 Å². The predicted molar refractivity (Wildman–Crippen MR) is 83.3 cm³/mol. The first-order chi connectivity index (χ1) is 9.15. The van der Waals surface area contributed by atoms with Crippen molar-refractivity contribution in [3.8, 4) is 0 Å². The molecule has 1 aromatic rings. The smallest absolute Gasteiger partial charge is 0.0475 e. The third kappa shape index (κ3) is 3.26. The summed E-state index contributed by atoms with van der Waals surface area (Å²) in [5, 5.41) is 0. The summed E-state index contributed by atoms with van der Waals surface area (Å²) in [4.78, 5) is 5.00. The number of hydrogen-bond donors (Lipinski definition) is 0. The van der Waals surface area contributed by atoms with Gasteiger partial charge in [-0.05, 0) is 36.7 Å². The molecule has 1 aromatic carbocycles. The molecule has 0 radical (unpaired) electrons. The zero-order valence-electron chi connectivity index (χ0n) is 12.5. The second-order valence-corrected chi connectivity index (χ2v) is 5.49. The highest BCUT2D eigenvalue weighted by molar-refractivity contribution is 5.63. The molecule has 0 N–H and O–H groups in total. The quantitative estimate of drug-likeness (QED) is 0.816. The Morgan fingerprint density at radius 1 is 1.21 bits per heavy atom. The molecule has 1 fully saturated rings. The van der Waals surface area contributed by atoms with E-state index < -0.39 is 0 Å². The molecule has 1 atom stereocenters. The molecule has 104 valence electrons. The van der Waals surface area contributed by atoms with Crippen molar-refractivity contribution in [3.05, 3.63) is 42.0 Å². The van der Waals surface area contributed by atoms with Gasteiger partial charge < -0.3 is 4.90 Å². The lowest BCUT2D eigenvalue weighted by atomic mass is 9.98. The van der Waals surface area contributed by atoms with E-state index in [0.717, 1.165) is 19.5 Å². The van der Waals surface area contributed by atoms with Crippen LogP contribution >= 0.6 is 0 Å². The minimum Gasteiger partial charge on any atom is -0.303 e. The molecular weight excluding hydrogens is 232 g/mol. The Labute approximate surface area is 117 Å². The lowest BCUT2D eigenvalue weighted by Crippen LogP contribution is -2.46. The average Bonchev–Trinajstić information content (AvgIpc) is 2.46. The maximum absolute atomic E-state index is 4.11. The summed E-state index contributed by atoms with van der Waals surface area (Å²) in [6.45, 7) is 13.1. The Morgan fingerprint density at radius 3 is 2.47 bits per heavy atom. The summed E-state index contributed by atoms with van der Waals surface area (Å²) in [6.07, 6.45) is 1.02. The van der Waals surface area contributed by atoms with Crippen molar-refractivity contribution in [2.45, 2.75) is 26.3 Å². The van der Waals surface area contributed by atoms with Gasteiger partial charge in [0, 0.05) is 25.7 Å². The van der Waals surface area contributed by atoms with Gasteiger partial charge in [0.1, 0.15) is 0 Å². The highest BCUT2D eigenvalue weighted by atomic mass is 15.3.